The molecule has 0 aliphatic carbocycles. The number of hydrogen-bond acceptors (Lipinski definition) is 6. The van der Waals surface area contributed by atoms with E-state index >= 15 is 0 Å². The molecule has 0 aliphatic heterocycles. The molecule has 0 heterocycles. The molecule has 0 unspecified atom stereocenters. The van der Waals surface area contributed by atoms with Crippen LogP contribution in [0.5, 0.6) is 34.5 Å². The normalized spacial score (nSPS) is 11.1. The van der Waals surface area contributed by atoms with Crippen LogP contribution < -0.4 is 28.4 Å². The Bertz CT molecular complexity index is 1120. The SMILES string of the molecule is COc1cc(/C=C/c2cc(C)c(/C=C/c3cc(OC)c(OC)c(OC)c3)cc2C)cc(OC)c1OC. The van der Waals surface area contributed by atoms with Crippen LogP contribution in [0.4, 0.5) is 0 Å². The number of benzene rings is 3. The van der Waals surface area contributed by atoms with Gasteiger partial charge in [-0.3, -0.25) is 0 Å². The Morgan fingerprint density at radius 3 is 0.972 bits per heavy atom. The van der Waals surface area contributed by atoms with Crippen molar-refractivity contribution in [2.45, 2.75) is 13.8 Å². The molecular formula is C30H34O6. The van der Waals surface area contributed by atoms with Crippen molar-refractivity contribution in [1.82, 2.24) is 0 Å². The molecule has 0 aliphatic rings. The van der Waals surface area contributed by atoms with E-state index in [1.165, 1.54) is 0 Å². The van der Waals surface area contributed by atoms with Crippen LogP contribution in [0.1, 0.15) is 33.4 Å². The van der Waals surface area contributed by atoms with E-state index in [1.807, 2.05) is 36.4 Å². The third-order valence-corrected chi connectivity index (χ3v) is 5.94. The standard InChI is InChI=1S/C30H34O6/c1-19-13-24(12-10-22-17-27(33-5)30(36-8)28(18-22)34-6)20(2)14-23(19)11-9-21-15-25(31-3)29(35-7)26(16-21)32-4/h9-18H,1-8H3/b11-9+,12-10+. The highest BCUT2D eigenvalue weighted by atomic mass is 16.5. The molecule has 0 amide bonds. The zero-order chi connectivity index (χ0) is 26.2. The third-order valence-electron chi connectivity index (χ3n) is 5.94. The summed E-state index contributed by atoms with van der Waals surface area (Å²) in [6, 6.07) is 12.1. The molecule has 6 nitrogen and oxygen atoms in total. The van der Waals surface area contributed by atoms with Gasteiger partial charge in [0.2, 0.25) is 11.5 Å². The average molecular weight is 491 g/mol. The van der Waals surface area contributed by atoms with Crippen molar-refractivity contribution in [3.8, 4) is 34.5 Å². The Morgan fingerprint density at radius 1 is 0.417 bits per heavy atom. The summed E-state index contributed by atoms with van der Waals surface area (Å²) in [6.45, 7) is 4.20. The quantitative estimate of drug-likeness (QED) is 0.295. The third kappa shape index (κ3) is 5.77. The molecule has 0 atom stereocenters. The van der Waals surface area contributed by atoms with Gasteiger partial charge in [-0.1, -0.05) is 36.4 Å². The lowest BCUT2D eigenvalue weighted by atomic mass is 9.98. The first-order valence-electron chi connectivity index (χ1n) is 11.5. The number of ether oxygens (including phenoxy) is 6. The molecule has 36 heavy (non-hydrogen) atoms. The summed E-state index contributed by atoms with van der Waals surface area (Å²) in [4.78, 5) is 0. The Balaban J connectivity index is 1.90. The van der Waals surface area contributed by atoms with Crippen LogP contribution in [-0.2, 0) is 0 Å². The fourth-order valence-corrected chi connectivity index (χ4v) is 3.99. The van der Waals surface area contributed by atoms with Crippen molar-refractivity contribution in [3.63, 3.8) is 0 Å². The zero-order valence-electron chi connectivity index (χ0n) is 22.2. The van der Waals surface area contributed by atoms with Crippen molar-refractivity contribution in [1.29, 1.82) is 0 Å². The van der Waals surface area contributed by atoms with Crippen LogP contribution in [0.25, 0.3) is 24.3 Å². The van der Waals surface area contributed by atoms with Gasteiger partial charge in [-0.2, -0.15) is 0 Å². The van der Waals surface area contributed by atoms with Gasteiger partial charge in [0.15, 0.2) is 23.0 Å². The van der Waals surface area contributed by atoms with E-state index < -0.39 is 0 Å². The summed E-state index contributed by atoms with van der Waals surface area (Å²) in [6.07, 6.45) is 8.26. The average Bonchev–Trinajstić information content (AvgIpc) is 2.90. The molecule has 6 heteroatoms. The van der Waals surface area contributed by atoms with E-state index in [9.17, 15) is 0 Å². The van der Waals surface area contributed by atoms with Crippen molar-refractivity contribution >= 4 is 24.3 Å². The summed E-state index contributed by atoms with van der Waals surface area (Å²) < 4.78 is 32.7. The van der Waals surface area contributed by atoms with Gasteiger partial charge in [0.1, 0.15) is 0 Å². The van der Waals surface area contributed by atoms with Gasteiger partial charge in [-0.05, 0) is 71.5 Å². The lowest BCUT2D eigenvalue weighted by molar-refractivity contribution is 0.324. The second-order valence-electron chi connectivity index (χ2n) is 8.15. The number of methoxy groups -OCH3 is 6. The highest BCUT2D eigenvalue weighted by Crippen LogP contribution is 2.40. The maximum Gasteiger partial charge on any atom is 0.203 e. The lowest BCUT2D eigenvalue weighted by Gasteiger charge is -2.13. The van der Waals surface area contributed by atoms with Gasteiger partial charge in [0.25, 0.3) is 0 Å². The number of hydrogen-bond donors (Lipinski definition) is 0. The van der Waals surface area contributed by atoms with E-state index in [0.717, 1.165) is 33.4 Å². The van der Waals surface area contributed by atoms with Gasteiger partial charge >= 0.3 is 0 Å². The molecule has 0 bridgehead atoms. The van der Waals surface area contributed by atoms with Gasteiger partial charge < -0.3 is 28.4 Å². The first kappa shape index (κ1) is 26.5. The second kappa shape index (κ2) is 12.1. The topological polar surface area (TPSA) is 55.4 Å². The Hall–Kier alpha value is -4.06. The monoisotopic (exact) mass is 490 g/mol. The van der Waals surface area contributed by atoms with Crippen molar-refractivity contribution < 1.29 is 28.4 Å². The van der Waals surface area contributed by atoms with E-state index in [1.54, 1.807) is 42.7 Å². The van der Waals surface area contributed by atoms with Gasteiger partial charge in [0, 0.05) is 0 Å². The minimum atomic E-state index is 0.576. The van der Waals surface area contributed by atoms with Crippen LogP contribution in [0.3, 0.4) is 0 Å². The van der Waals surface area contributed by atoms with Crippen LogP contribution in [0.15, 0.2) is 36.4 Å². The Kier molecular flexibility index (Phi) is 8.90. The summed E-state index contributed by atoms with van der Waals surface area (Å²) in [5.74, 6) is 3.64. The van der Waals surface area contributed by atoms with Crippen molar-refractivity contribution in [2.24, 2.45) is 0 Å². The number of rotatable bonds is 10. The predicted octanol–water partition coefficient (Wildman–Crippen LogP) is 6.70. The molecule has 0 aromatic heterocycles. The van der Waals surface area contributed by atoms with E-state index in [-0.39, 0.29) is 0 Å². The summed E-state index contributed by atoms with van der Waals surface area (Å²) >= 11 is 0. The maximum atomic E-state index is 5.47. The summed E-state index contributed by atoms with van der Waals surface area (Å²) in [5, 5.41) is 0. The van der Waals surface area contributed by atoms with Crippen molar-refractivity contribution in [2.75, 3.05) is 42.7 Å². The molecule has 3 rings (SSSR count). The van der Waals surface area contributed by atoms with Crippen LogP contribution in [0.2, 0.25) is 0 Å². The van der Waals surface area contributed by atoms with Gasteiger partial charge in [0.05, 0.1) is 42.7 Å². The van der Waals surface area contributed by atoms with Crippen molar-refractivity contribution in [3.05, 3.63) is 69.8 Å². The zero-order valence-corrected chi connectivity index (χ0v) is 22.2. The maximum absolute atomic E-state index is 5.47. The predicted molar refractivity (Wildman–Crippen MR) is 146 cm³/mol. The number of aryl methyl sites for hydroxylation is 2. The fourth-order valence-electron chi connectivity index (χ4n) is 3.99. The molecule has 0 N–H and O–H groups in total. The van der Waals surface area contributed by atoms with Crippen LogP contribution in [0, 0.1) is 13.8 Å². The van der Waals surface area contributed by atoms with Crippen LogP contribution in [-0.4, -0.2) is 42.7 Å². The molecular weight excluding hydrogens is 456 g/mol. The fraction of sp³-hybridized carbons (Fsp3) is 0.267. The first-order chi connectivity index (χ1) is 17.4. The molecule has 0 radical (unpaired) electrons. The molecule has 0 fully saturated rings. The second-order valence-corrected chi connectivity index (χ2v) is 8.15. The smallest absolute Gasteiger partial charge is 0.203 e. The Labute approximate surface area is 213 Å². The highest BCUT2D eigenvalue weighted by molar-refractivity contribution is 5.78. The molecule has 0 spiro atoms. The van der Waals surface area contributed by atoms with E-state index in [2.05, 4.69) is 38.1 Å². The molecule has 3 aromatic rings. The minimum absolute atomic E-state index is 0.576. The molecule has 0 saturated heterocycles. The van der Waals surface area contributed by atoms with Gasteiger partial charge in [-0.15, -0.1) is 0 Å². The summed E-state index contributed by atoms with van der Waals surface area (Å²) in [7, 11) is 9.65. The Morgan fingerprint density at radius 2 is 0.722 bits per heavy atom. The van der Waals surface area contributed by atoms with E-state index in [0.29, 0.717) is 34.5 Å². The molecule has 190 valence electrons. The van der Waals surface area contributed by atoms with Crippen LogP contribution >= 0.6 is 0 Å². The van der Waals surface area contributed by atoms with E-state index in [4.69, 9.17) is 28.4 Å². The largest absolute Gasteiger partial charge is 0.493 e. The molecule has 3 aromatic carbocycles. The lowest BCUT2D eigenvalue weighted by Crippen LogP contribution is -1.95. The minimum Gasteiger partial charge on any atom is -0.493 e. The highest BCUT2D eigenvalue weighted by Gasteiger charge is 2.13. The summed E-state index contributed by atoms with van der Waals surface area (Å²) in [5.41, 5.74) is 6.49. The van der Waals surface area contributed by atoms with Gasteiger partial charge in [-0.25, -0.2) is 0 Å². The first-order valence-corrected chi connectivity index (χ1v) is 11.5. The molecule has 0 saturated carbocycles.